The van der Waals surface area contributed by atoms with Gasteiger partial charge in [-0.3, -0.25) is 0 Å². The van der Waals surface area contributed by atoms with Gasteiger partial charge in [0.2, 0.25) is 0 Å². The molecule has 0 saturated heterocycles. The first-order valence-electron chi connectivity index (χ1n) is 4.91. The summed E-state index contributed by atoms with van der Waals surface area (Å²) in [5.41, 5.74) is 2.15. The van der Waals surface area contributed by atoms with E-state index in [0.717, 1.165) is 17.1 Å². The summed E-state index contributed by atoms with van der Waals surface area (Å²) in [7, 11) is 0. The normalized spacial score (nSPS) is 11.0. The van der Waals surface area contributed by atoms with Crippen molar-refractivity contribution in [2.45, 2.75) is 26.3 Å². The monoisotopic (exact) mass is 208 g/mol. The zero-order valence-electron chi connectivity index (χ0n) is 8.20. The van der Waals surface area contributed by atoms with E-state index < -0.39 is 0 Å². The molecule has 0 fully saturated rings. The number of benzene rings is 1. The van der Waals surface area contributed by atoms with E-state index >= 15 is 0 Å². The fourth-order valence-corrected chi connectivity index (χ4v) is 1.71. The molecule has 3 heteroatoms. The molecule has 2 nitrogen and oxygen atoms in total. The van der Waals surface area contributed by atoms with Crippen LogP contribution in [0.25, 0.3) is 11.0 Å². The number of unbranched alkanes of at least 4 members (excludes halogenated alkanes) is 1. The molecule has 0 aliphatic carbocycles. The quantitative estimate of drug-likeness (QED) is 0.755. The summed E-state index contributed by atoms with van der Waals surface area (Å²) in [6, 6.07) is 5.84. The third kappa shape index (κ3) is 1.75. The number of fused-ring (bicyclic) bond motifs is 1. The lowest BCUT2D eigenvalue weighted by Crippen LogP contribution is -1.94. The average Bonchev–Trinajstić information content (AvgIpc) is 2.57. The molecule has 0 atom stereocenters. The molecule has 14 heavy (non-hydrogen) atoms. The van der Waals surface area contributed by atoms with Crippen LogP contribution in [0.5, 0.6) is 0 Å². The fourth-order valence-electron chi connectivity index (χ4n) is 1.54. The highest BCUT2D eigenvalue weighted by Crippen LogP contribution is 2.18. The molecule has 0 amide bonds. The third-order valence-corrected chi connectivity index (χ3v) is 2.57. The second kappa shape index (κ2) is 4.01. The summed E-state index contributed by atoms with van der Waals surface area (Å²) in [6.07, 6.45) is 4.28. The summed E-state index contributed by atoms with van der Waals surface area (Å²) < 4.78 is 2.18. The number of rotatable bonds is 3. The number of hydrogen-bond acceptors (Lipinski definition) is 1. The van der Waals surface area contributed by atoms with Crippen molar-refractivity contribution in [1.82, 2.24) is 9.55 Å². The Hall–Kier alpha value is -1.02. The Morgan fingerprint density at radius 1 is 1.43 bits per heavy atom. The van der Waals surface area contributed by atoms with Gasteiger partial charge in [-0.25, -0.2) is 4.98 Å². The molecule has 0 N–H and O–H groups in total. The van der Waals surface area contributed by atoms with Crippen molar-refractivity contribution in [1.29, 1.82) is 0 Å². The number of hydrogen-bond donors (Lipinski definition) is 0. The Kier molecular flexibility index (Phi) is 2.73. The van der Waals surface area contributed by atoms with Gasteiger partial charge in [-0.1, -0.05) is 24.9 Å². The zero-order valence-corrected chi connectivity index (χ0v) is 8.96. The van der Waals surface area contributed by atoms with Gasteiger partial charge in [0.25, 0.3) is 0 Å². The lowest BCUT2D eigenvalue weighted by molar-refractivity contribution is 0.646. The van der Waals surface area contributed by atoms with E-state index in [1.807, 2.05) is 24.5 Å². The van der Waals surface area contributed by atoms with Crippen LogP contribution in [-0.2, 0) is 6.54 Å². The molecule has 1 aromatic heterocycles. The third-order valence-electron chi connectivity index (χ3n) is 2.34. The van der Waals surface area contributed by atoms with Crippen LogP contribution in [0.3, 0.4) is 0 Å². The van der Waals surface area contributed by atoms with Crippen LogP contribution < -0.4 is 0 Å². The van der Waals surface area contributed by atoms with Crippen molar-refractivity contribution in [2.24, 2.45) is 0 Å². The van der Waals surface area contributed by atoms with Gasteiger partial charge >= 0.3 is 0 Å². The van der Waals surface area contributed by atoms with Gasteiger partial charge in [-0.05, 0) is 24.6 Å². The lowest BCUT2D eigenvalue weighted by Gasteiger charge is -2.01. The average molecular weight is 209 g/mol. The standard InChI is InChI=1S/C11H13ClN2/c1-2-3-6-14-8-13-10-7-9(12)4-5-11(10)14/h4-5,7-8H,2-3,6H2,1H3. The Morgan fingerprint density at radius 2 is 2.29 bits per heavy atom. The molecule has 0 bridgehead atoms. The molecule has 1 aromatic carbocycles. The zero-order chi connectivity index (χ0) is 9.97. The summed E-state index contributed by atoms with van der Waals surface area (Å²) in [6.45, 7) is 3.23. The summed E-state index contributed by atoms with van der Waals surface area (Å²) in [4.78, 5) is 4.31. The number of aryl methyl sites for hydroxylation is 1. The van der Waals surface area contributed by atoms with Gasteiger partial charge in [0, 0.05) is 11.6 Å². The molecule has 0 aliphatic rings. The second-order valence-electron chi connectivity index (χ2n) is 3.42. The smallest absolute Gasteiger partial charge is 0.0958 e. The molecule has 2 aromatic rings. The lowest BCUT2D eigenvalue weighted by atomic mass is 10.3. The van der Waals surface area contributed by atoms with Gasteiger partial charge in [0.05, 0.1) is 17.4 Å². The van der Waals surface area contributed by atoms with Crippen molar-refractivity contribution >= 4 is 22.6 Å². The minimum atomic E-state index is 0.748. The van der Waals surface area contributed by atoms with Crippen LogP contribution in [0, 0.1) is 0 Å². The van der Waals surface area contributed by atoms with Crippen molar-refractivity contribution < 1.29 is 0 Å². The van der Waals surface area contributed by atoms with Crippen molar-refractivity contribution in [3.05, 3.63) is 29.5 Å². The van der Waals surface area contributed by atoms with Gasteiger partial charge in [-0.2, -0.15) is 0 Å². The van der Waals surface area contributed by atoms with Gasteiger partial charge in [0.1, 0.15) is 0 Å². The van der Waals surface area contributed by atoms with Crippen LogP contribution >= 0.6 is 11.6 Å². The molecule has 0 unspecified atom stereocenters. The predicted octanol–water partition coefficient (Wildman–Crippen LogP) is 3.49. The fraction of sp³-hybridized carbons (Fsp3) is 0.364. The van der Waals surface area contributed by atoms with Crippen LogP contribution in [0.2, 0.25) is 5.02 Å². The van der Waals surface area contributed by atoms with Crippen LogP contribution in [0.1, 0.15) is 19.8 Å². The summed E-state index contributed by atoms with van der Waals surface area (Å²) in [5, 5.41) is 0.748. The van der Waals surface area contributed by atoms with Gasteiger partial charge in [0.15, 0.2) is 0 Å². The Morgan fingerprint density at radius 3 is 3.07 bits per heavy atom. The largest absolute Gasteiger partial charge is 0.331 e. The number of halogens is 1. The van der Waals surface area contributed by atoms with E-state index in [4.69, 9.17) is 11.6 Å². The van der Waals surface area contributed by atoms with Crippen LogP contribution in [-0.4, -0.2) is 9.55 Å². The topological polar surface area (TPSA) is 17.8 Å². The van der Waals surface area contributed by atoms with Crippen molar-refractivity contribution in [3.8, 4) is 0 Å². The number of imidazole rings is 1. The highest BCUT2D eigenvalue weighted by molar-refractivity contribution is 6.31. The number of aromatic nitrogens is 2. The maximum absolute atomic E-state index is 5.88. The predicted molar refractivity (Wildman–Crippen MR) is 59.7 cm³/mol. The minimum Gasteiger partial charge on any atom is -0.331 e. The highest BCUT2D eigenvalue weighted by Gasteiger charge is 2.01. The van der Waals surface area contributed by atoms with Gasteiger partial charge in [-0.15, -0.1) is 0 Å². The molecular formula is C11H13ClN2. The SMILES string of the molecule is CCCCn1cnc2cc(Cl)ccc21. The Balaban J connectivity index is 2.37. The molecule has 2 rings (SSSR count). The van der Waals surface area contributed by atoms with E-state index in [1.165, 1.54) is 18.4 Å². The van der Waals surface area contributed by atoms with Crippen molar-refractivity contribution in [2.75, 3.05) is 0 Å². The molecule has 0 aliphatic heterocycles. The molecule has 0 radical (unpaired) electrons. The summed E-state index contributed by atoms with van der Waals surface area (Å²) >= 11 is 5.88. The van der Waals surface area contributed by atoms with E-state index in [9.17, 15) is 0 Å². The summed E-state index contributed by atoms with van der Waals surface area (Å²) in [5.74, 6) is 0. The molecule has 1 heterocycles. The molecular weight excluding hydrogens is 196 g/mol. The maximum atomic E-state index is 5.88. The Bertz CT molecular complexity index is 434. The van der Waals surface area contributed by atoms with Crippen LogP contribution in [0.15, 0.2) is 24.5 Å². The maximum Gasteiger partial charge on any atom is 0.0958 e. The minimum absolute atomic E-state index is 0.748. The van der Waals surface area contributed by atoms with E-state index in [0.29, 0.717) is 0 Å². The second-order valence-corrected chi connectivity index (χ2v) is 3.86. The molecule has 0 spiro atoms. The first kappa shape index (κ1) is 9.53. The van der Waals surface area contributed by atoms with Crippen molar-refractivity contribution in [3.63, 3.8) is 0 Å². The van der Waals surface area contributed by atoms with Gasteiger partial charge < -0.3 is 4.57 Å². The Labute approximate surface area is 88.5 Å². The highest BCUT2D eigenvalue weighted by atomic mass is 35.5. The van der Waals surface area contributed by atoms with Crippen LogP contribution in [0.4, 0.5) is 0 Å². The molecule has 74 valence electrons. The first-order valence-corrected chi connectivity index (χ1v) is 5.29. The van der Waals surface area contributed by atoms with E-state index in [1.54, 1.807) is 0 Å². The van der Waals surface area contributed by atoms with E-state index in [2.05, 4.69) is 16.5 Å². The number of nitrogens with zero attached hydrogens (tertiary/aromatic N) is 2. The first-order chi connectivity index (χ1) is 6.81. The molecule has 0 saturated carbocycles. The van der Waals surface area contributed by atoms with E-state index in [-0.39, 0.29) is 0 Å².